The minimum Gasteiger partial charge on any atom is -0.398 e. The van der Waals surface area contributed by atoms with Crippen molar-refractivity contribution in [2.75, 3.05) is 31.7 Å². The van der Waals surface area contributed by atoms with E-state index in [1.807, 2.05) is 0 Å². The fourth-order valence-corrected chi connectivity index (χ4v) is 4.30. The van der Waals surface area contributed by atoms with E-state index >= 15 is 4.39 Å². The van der Waals surface area contributed by atoms with Crippen LogP contribution in [0, 0.1) is 17.7 Å². The standard InChI is InChI=1S/C22H27ClFN5O2/c1-29(2)22(31)20-17(25)6-5-14(21(20)24)15-11-28-19(9-16(15)23)27-10-13-4-3-12(7-13)8-18(26)30/h5-6,9,11-13H,3-4,7-8,10,25H2,1-2H3,(H2,26,30)(H,27,28). The molecule has 1 heterocycles. The first-order chi connectivity index (χ1) is 14.7. The number of nitrogens with two attached hydrogens (primary N) is 2. The van der Waals surface area contributed by atoms with E-state index in [1.165, 1.54) is 37.3 Å². The minimum absolute atomic E-state index is 0.0634. The summed E-state index contributed by atoms with van der Waals surface area (Å²) in [6.45, 7) is 0.704. The van der Waals surface area contributed by atoms with E-state index in [4.69, 9.17) is 23.1 Å². The molecule has 0 radical (unpaired) electrons. The normalized spacial score (nSPS) is 18.1. The number of benzene rings is 1. The lowest BCUT2D eigenvalue weighted by molar-refractivity contribution is -0.118. The number of amides is 2. The van der Waals surface area contributed by atoms with Crippen molar-refractivity contribution in [3.63, 3.8) is 0 Å². The third-order valence-electron chi connectivity index (χ3n) is 5.65. The van der Waals surface area contributed by atoms with Crippen LogP contribution in [0.4, 0.5) is 15.9 Å². The summed E-state index contributed by atoms with van der Waals surface area (Å²) in [6, 6.07) is 4.61. The molecule has 1 aromatic carbocycles. The molecular weight excluding hydrogens is 421 g/mol. The molecule has 1 saturated carbocycles. The van der Waals surface area contributed by atoms with Crippen molar-refractivity contribution in [1.82, 2.24) is 9.88 Å². The summed E-state index contributed by atoms with van der Waals surface area (Å²) in [5.41, 5.74) is 11.5. The Morgan fingerprint density at radius 3 is 2.61 bits per heavy atom. The molecule has 2 aromatic rings. The first-order valence-corrected chi connectivity index (χ1v) is 10.5. The van der Waals surface area contributed by atoms with Gasteiger partial charge in [-0.1, -0.05) is 11.6 Å². The maximum Gasteiger partial charge on any atom is 0.258 e. The highest BCUT2D eigenvalue weighted by Gasteiger charge is 2.26. The molecule has 5 N–H and O–H groups in total. The van der Waals surface area contributed by atoms with Gasteiger partial charge in [0.25, 0.3) is 5.91 Å². The number of nitrogen functional groups attached to an aromatic ring is 1. The summed E-state index contributed by atoms with van der Waals surface area (Å²) in [7, 11) is 3.06. The molecule has 0 spiro atoms. The monoisotopic (exact) mass is 447 g/mol. The van der Waals surface area contributed by atoms with Crippen molar-refractivity contribution < 1.29 is 14.0 Å². The molecule has 9 heteroatoms. The number of halogens is 2. The van der Waals surface area contributed by atoms with Crippen LogP contribution in [0.25, 0.3) is 11.1 Å². The van der Waals surface area contributed by atoms with Gasteiger partial charge in [-0.15, -0.1) is 0 Å². The van der Waals surface area contributed by atoms with E-state index in [2.05, 4.69) is 10.3 Å². The van der Waals surface area contributed by atoms with Crippen molar-refractivity contribution in [2.24, 2.45) is 17.6 Å². The van der Waals surface area contributed by atoms with E-state index in [9.17, 15) is 9.59 Å². The number of rotatable bonds is 7. The van der Waals surface area contributed by atoms with Gasteiger partial charge in [-0.05, 0) is 49.3 Å². The summed E-state index contributed by atoms with van der Waals surface area (Å²) in [5, 5.41) is 3.57. The molecule has 3 rings (SSSR count). The molecule has 1 fully saturated rings. The van der Waals surface area contributed by atoms with Crippen LogP contribution in [0.2, 0.25) is 5.02 Å². The van der Waals surface area contributed by atoms with E-state index in [0.717, 1.165) is 19.3 Å². The number of hydrogen-bond acceptors (Lipinski definition) is 5. The Hall–Kier alpha value is -2.87. The Morgan fingerprint density at radius 1 is 1.26 bits per heavy atom. The fraction of sp³-hybridized carbons (Fsp3) is 0.409. The van der Waals surface area contributed by atoms with Crippen LogP contribution in [-0.2, 0) is 4.79 Å². The quantitative estimate of drug-likeness (QED) is 0.562. The maximum absolute atomic E-state index is 15.1. The van der Waals surface area contributed by atoms with Gasteiger partial charge in [0.2, 0.25) is 5.91 Å². The zero-order valence-corrected chi connectivity index (χ0v) is 18.4. The average Bonchev–Trinajstić information content (AvgIpc) is 3.13. The number of primary amides is 1. The lowest BCUT2D eigenvalue weighted by Gasteiger charge is -2.16. The predicted molar refractivity (Wildman–Crippen MR) is 120 cm³/mol. The lowest BCUT2D eigenvalue weighted by Crippen LogP contribution is -2.24. The summed E-state index contributed by atoms with van der Waals surface area (Å²) in [6.07, 6.45) is 4.87. The van der Waals surface area contributed by atoms with E-state index in [1.54, 1.807) is 6.07 Å². The van der Waals surface area contributed by atoms with Crippen molar-refractivity contribution >= 4 is 34.9 Å². The van der Waals surface area contributed by atoms with Crippen LogP contribution in [0.3, 0.4) is 0 Å². The number of hydrogen-bond donors (Lipinski definition) is 3. The Kier molecular flexibility index (Phi) is 7.00. The molecule has 31 heavy (non-hydrogen) atoms. The number of anilines is 2. The zero-order valence-electron chi connectivity index (χ0n) is 17.6. The summed E-state index contributed by atoms with van der Waals surface area (Å²) in [5.74, 6) is -0.157. The van der Waals surface area contributed by atoms with Gasteiger partial charge >= 0.3 is 0 Å². The average molecular weight is 448 g/mol. The van der Waals surface area contributed by atoms with E-state index < -0.39 is 11.7 Å². The first kappa shape index (κ1) is 22.8. The highest BCUT2D eigenvalue weighted by atomic mass is 35.5. The first-order valence-electron chi connectivity index (χ1n) is 10.1. The number of nitrogens with one attached hydrogen (secondary N) is 1. The highest BCUT2D eigenvalue weighted by Crippen LogP contribution is 2.35. The number of carbonyl (C=O) groups excluding carboxylic acids is 2. The van der Waals surface area contributed by atoms with Gasteiger partial charge in [0.05, 0.1) is 10.6 Å². The van der Waals surface area contributed by atoms with Crippen molar-refractivity contribution in [2.45, 2.75) is 25.7 Å². The fourth-order valence-electron chi connectivity index (χ4n) is 4.05. The van der Waals surface area contributed by atoms with Crippen molar-refractivity contribution in [1.29, 1.82) is 0 Å². The van der Waals surface area contributed by atoms with Gasteiger partial charge in [-0.25, -0.2) is 9.37 Å². The molecule has 2 atom stereocenters. The molecule has 0 saturated heterocycles. The van der Waals surface area contributed by atoms with Crippen LogP contribution in [0.15, 0.2) is 24.4 Å². The summed E-state index contributed by atoms with van der Waals surface area (Å²) in [4.78, 5) is 29.0. The number of nitrogens with zero attached hydrogens (tertiary/aromatic N) is 2. The van der Waals surface area contributed by atoms with Gasteiger partial charge in [-0.3, -0.25) is 9.59 Å². The van der Waals surface area contributed by atoms with Crippen LogP contribution >= 0.6 is 11.6 Å². The van der Waals surface area contributed by atoms with Crippen molar-refractivity contribution in [3.8, 4) is 11.1 Å². The molecule has 1 aromatic heterocycles. The van der Waals surface area contributed by atoms with Crippen LogP contribution in [-0.4, -0.2) is 42.3 Å². The summed E-state index contributed by atoms with van der Waals surface area (Å²) >= 11 is 6.42. The molecule has 0 aliphatic heterocycles. The number of pyridine rings is 1. The van der Waals surface area contributed by atoms with Gasteiger partial charge in [-0.2, -0.15) is 0 Å². The van der Waals surface area contributed by atoms with Crippen molar-refractivity contribution in [3.05, 3.63) is 40.8 Å². The second-order valence-electron chi connectivity index (χ2n) is 8.24. The largest absolute Gasteiger partial charge is 0.398 e. The van der Waals surface area contributed by atoms with Gasteiger partial charge < -0.3 is 21.7 Å². The number of carbonyl (C=O) groups is 2. The number of aromatic nitrogens is 1. The van der Waals surface area contributed by atoms with Gasteiger partial charge in [0.15, 0.2) is 0 Å². The minimum atomic E-state index is -0.727. The third kappa shape index (κ3) is 5.25. The molecule has 1 aliphatic carbocycles. The van der Waals surface area contributed by atoms with E-state index in [0.29, 0.717) is 41.2 Å². The Morgan fingerprint density at radius 2 is 1.97 bits per heavy atom. The Balaban J connectivity index is 1.74. The van der Waals surface area contributed by atoms with Crippen LogP contribution in [0.1, 0.15) is 36.0 Å². The second-order valence-corrected chi connectivity index (χ2v) is 8.64. The molecule has 2 unspecified atom stereocenters. The van der Waals surface area contributed by atoms with Gasteiger partial charge in [0.1, 0.15) is 11.6 Å². The third-order valence-corrected chi connectivity index (χ3v) is 5.96. The van der Waals surface area contributed by atoms with Gasteiger partial charge in [0, 0.05) is 50.1 Å². The summed E-state index contributed by atoms with van der Waals surface area (Å²) < 4.78 is 15.1. The maximum atomic E-state index is 15.1. The highest BCUT2D eigenvalue weighted by molar-refractivity contribution is 6.33. The predicted octanol–water partition coefficient (Wildman–Crippen LogP) is 3.53. The Bertz CT molecular complexity index is 998. The second kappa shape index (κ2) is 9.51. The zero-order chi connectivity index (χ0) is 22.7. The Labute approximate surface area is 185 Å². The molecule has 1 aliphatic rings. The topological polar surface area (TPSA) is 114 Å². The SMILES string of the molecule is CN(C)C(=O)c1c(N)ccc(-c2cnc(NCC3CCC(CC(N)=O)C3)cc2Cl)c1F. The molecular formula is C22H27ClFN5O2. The molecule has 7 nitrogen and oxygen atoms in total. The lowest BCUT2D eigenvalue weighted by atomic mass is 10.0. The smallest absolute Gasteiger partial charge is 0.258 e. The van der Waals surface area contributed by atoms with Crippen LogP contribution in [0.5, 0.6) is 0 Å². The molecule has 166 valence electrons. The van der Waals surface area contributed by atoms with E-state index in [-0.39, 0.29) is 22.7 Å². The molecule has 2 amide bonds. The van der Waals surface area contributed by atoms with Crippen LogP contribution < -0.4 is 16.8 Å². The molecule has 0 bridgehead atoms.